The Morgan fingerprint density at radius 2 is 1.09 bits per heavy atom. The molecule has 0 spiro atoms. The van der Waals surface area contributed by atoms with E-state index in [-0.39, 0.29) is 5.41 Å². The number of para-hydroxylation sites is 3. The van der Waals surface area contributed by atoms with Crippen LogP contribution >= 0.6 is 0 Å². The molecule has 10 rings (SSSR count). The first-order valence-corrected chi connectivity index (χ1v) is 18.9. The molecule has 0 bridgehead atoms. The second-order valence-electron chi connectivity index (χ2n) is 15.3. The van der Waals surface area contributed by atoms with E-state index >= 15 is 0 Å². The lowest BCUT2D eigenvalue weighted by molar-refractivity contribution is 0.483. The first-order chi connectivity index (χ1) is 26.9. The highest BCUT2D eigenvalue weighted by atomic mass is 16.5. The number of aromatic nitrogens is 1. The van der Waals surface area contributed by atoms with E-state index in [1.807, 2.05) is 12.3 Å². The molecule has 2 aliphatic rings. The summed E-state index contributed by atoms with van der Waals surface area (Å²) in [6, 6.07) is 60.4. The lowest BCUT2D eigenvalue weighted by atomic mass is 9.87. The van der Waals surface area contributed by atoms with Crippen LogP contribution in [0.2, 0.25) is 0 Å². The fourth-order valence-electron chi connectivity index (χ4n) is 8.07. The predicted molar refractivity (Wildman–Crippen MR) is 228 cm³/mol. The summed E-state index contributed by atoms with van der Waals surface area (Å²) >= 11 is 0. The minimum atomic E-state index is -0.0345. The largest absolute Gasteiger partial charge is 0.457 e. The minimum absolute atomic E-state index is 0.0345. The molecule has 0 atom stereocenters. The third kappa shape index (κ3) is 5.76. The molecule has 7 aromatic carbocycles. The molecule has 0 saturated carbocycles. The van der Waals surface area contributed by atoms with E-state index in [2.05, 4.69) is 199 Å². The Hall–Kier alpha value is -6.85. The average molecular weight is 713 g/mol. The van der Waals surface area contributed by atoms with E-state index < -0.39 is 0 Å². The molecule has 0 aliphatic carbocycles. The van der Waals surface area contributed by atoms with E-state index in [1.54, 1.807) is 0 Å². The highest BCUT2D eigenvalue weighted by molar-refractivity contribution is 6.02. The van der Waals surface area contributed by atoms with Crippen molar-refractivity contribution in [2.75, 3.05) is 21.4 Å². The fourth-order valence-corrected chi connectivity index (χ4v) is 8.07. The molecule has 2 aliphatic heterocycles. The highest BCUT2D eigenvalue weighted by Gasteiger charge is 2.30. The van der Waals surface area contributed by atoms with Crippen molar-refractivity contribution in [3.05, 3.63) is 182 Å². The van der Waals surface area contributed by atoms with Crippen LogP contribution in [-0.4, -0.2) is 11.7 Å². The van der Waals surface area contributed by atoms with Gasteiger partial charge in [-0.25, -0.2) is 4.98 Å². The Morgan fingerprint density at radius 1 is 0.473 bits per heavy atom. The van der Waals surface area contributed by atoms with Gasteiger partial charge in [-0.3, -0.25) is 4.90 Å². The normalized spacial score (nSPS) is 13.2. The molecule has 0 radical (unpaired) electrons. The van der Waals surface area contributed by atoms with Crippen LogP contribution < -0.4 is 19.4 Å². The Balaban J connectivity index is 1.04. The molecule has 0 saturated heterocycles. The van der Waals surface area contributed by atoms with Gasteiger partial charge in [0.1, 0.15) is 24.0 Å². The van der Waals surface area contributed by atoms with E-state index in [9.17, 15) is 0 Å². The van der Waals surface area contributed by atoms with Gasteiger partial charge in [0.15, 0.2) is 0 Å². The number of fused-ring (bicyclic) bond motifs is 7. The van der Waals surface area contributed by atoms with Gasteiger partial charge in [0.05, 0.1) is 22.7 Å². The van der Waals surface area contributed by atoms with Gasteiger partial charge >= 0.3 is 0 Å². The van der Waals surface area contributed by atoms with Crippen molar-refractivity contribution in [1.29, 1.82) is 0 Å². The van der Waals surface area contributed by atoms with Crippen LogP contribution in [0, 0.1) is 0 Å². The maximum Gasteiger partial charge on any atom is 0.137 e. The van der Waals surface area contributed by atoms with Crippen LogP contribution in [0.5, 0.6) is 11.5 Å². The summed E-state index contributed by atoms with van der Waals surface area (Å²) in [6.07, 6.45) is 1.93. The molecule has 0 N–H and O–H groups in total. The quantitative estimate of drug-likeness (QED) is 0.177. The Labute approximate surface area is 322 Å². The van der Waals surface area contributed by atoms with Crippen molar-refractivity contribution in [1.82, 2.24) is 4.98 Å². The second kappa shape index (κ2) is 12.9. The highest BCUT2D eigenvalue weighted by Crippen LogP contribution is 2.52. The van der Waals surface area contributed by atoms with Gasteiger partial charge in [-0.15, -0.1) is 0 Å². The van der Waals surface area contributed by atoms with E-state index in [1.165, 1.54) is 38.8 Å². The third-order valence-electron chi connectivity index (χ3n) is 10.9. The number of ether oxygens (including phenoxy) is 1. The second-order valence-corrected chi connectivity index (χ2v) is 15.3. The number of hydrogen-bond donors (Lipinski definition) is 0. The zero-order valence-corrected chi connectivity index (χ0v) is 31.1. The molecule has 0 fully saturated rings. The van der Waals surface area contributed by atoms with Crippen LogP contribution in [0.25, 0.3) is 33.0 Å². The molecule has 8 aromatic rings. The van der Waals surface area contributed by atoms with E-state index in [4.69, 9.17) is 9.72 Å². The van der Waals surface area contributed by atoms with Gasteiger partial charge in [-0.2, -0.15) is 0 Å². The van der Waals surface area contributed by atoms with Gasteiger partial charge in [-0.1, -0.05) is 112 Å². The Kier molecular flexibility index (Phi) is 7.70. The number of pyridine rings is 1. The van der Waals surface area contributed by atoms with E-state index in [0.29, 0.717) is 6.67 Å². The van der Waals surface area contributed by atoms with Crippen molar-refractivity contribution >= 4 is 50.7 Å². The summed E-state index contributed by atoms with van der Waals surface area (Å²) in [5, 5.41) is 2.47. The summed E-state index contributed by atoms with van der Waals surface area (Å²) in [7, 11) is 0. The van der Waals surface area contributed by atoms with Crippen molar-refractivity contribution in [2.45, 2.75) is 26.2 Å². The van der Waals surface area contributed by atoms with Crippen LogP contribution in [0.1, 0.15) is 26.3 Å². The average Bonchev–Trinajstić information content (AvgIpc) is 3.56. The number of benzene rings is 7. The maximum absolute atomic E-state index is 6.78. The molecular weight excluding hydrogens is 673 g/mol. The standard InChI is InChI=1S/C50H40N4O/c1-50(2,3)36-27-28-51-49(30-36)54-45-20-9-8-19-43(45)41-17-6-7-18-42(41)44-26-25-40(32-48(44)54)55-39-16-12-15-37(31-39)52-33-53(47-22-11-10-21-46(47)52)38-24-23-34-13-4-5-14-35(34)29-38/h4-32H,33H2,1-3H3. The van der Waals surface area contributed by atoms with Crippen LogP contribution in [0.3, 0.4) is 0 Å². The zero-order chi connectivity index (χ0) is 37.1. The lowest BCUT2D eigenvalue weighted by Crippen LogP contribution is -2.23. The smallest absolute Gasteiger partial charge is 0.137 e. The van der Waals surface area contributed by atoms with Crippen molar-refractivity contribution in [3.63, 3.8) is 0 Å². The summed E-state index contributed by atoms with van der Waals surface area (Å²) in [4.78, 5) is 12.0. The first kappa shape index (κ1) is 32.8. The van der Waals surface area contributed by atoms with Crippen LogP contribution in [-0.2, 0) is 5.41 Å². The van der Waals surface area contributed by atoms with Crippen LogP contribution in [0.15, 0.2) is 176 Å². The number of anilines is 7. The van der Waals surface area contributed by atoms with Gasteiger partial charge in [-0.05, 0) is 99.6 Å². The molecule has 1 aromatic heterocycles. The van der Waals surface area contributed by atoms with Crippen LogP contribution in [0.4, 0.5) is 39.9 Å². The van der Waals surface area contributed by atoms with Crippen molar-refractivity contribution in [3.8, 4) is 33.8 Å². The minimum Gasteiger partial charge on any atom is -0.457 e. The fraction of sp³-hybridized carbons (Fsp3) is 0.100. The molecule has 0 unspecified atom stereocenters. The molecule has 5 nitrogen and oxygen atoms in total. The number of nitrogens with zero attached hydrogens (tertiary/aromatic N) is 4. The van der Waals surface area contributed by atoms with Gasteiger partial charge in [0, 0.05) is 40.8 Å². The SMILES string of the molecule is CC(C)(C)c1ccnc(N2c3ccccc3-c3ccccc3-c3ccc(Oc4cccc(N5CN(c6ccc7ccccc7c6)c6ccccc65)c4)cc32)c1. The lowest BCUT2D eigenvalue weighted by Gasteiger charge is -2.28. The molecule has 266 valence electrons. The summed E-state index contributed by atoms with van der Waals surface area (Å²) in [5.41, 5.74) is 12.5. The molecule has 0 amide bonds. The Bertz CT molecular complexity index is 2750. The summed E-state index contributed by atoms with van der Waals surface area (Å²) in [6.45, 7) is 7.42. The van der Waals surface area contributed by atoms with Gasteiger partial charge in [0.2, 0.25) is 0 Å². The number of rotatable bonds is 5. The number of hydrogen-bond acceptors (Lipinski definition) is 5. The van der Waals surface area contributed by atoms with Gasteiger partial charge in [0.25, 0.3) is 0 Å². The third-order valence-corrected chi connectivity index (χ3v) is 10.9. The van der Waals surface area contributed by atoms with Gasteiger partial charge < -0.3 is 14.5 Å². The topological polar surface area (TPSA) is 31.8 Å². The molecule has 5 heteroatoms. The van der Waals surface area contributed by atoms with E-state index in [0.717, 1.165) is 51.2 Å². The summed E-state index contributed by atoms with van der Waals surface area (Å²) in [5.74, 6) is 2.40. The van der Waals surface area contributed by atoms with Crippen molar-refractivity contribution in [2.24, 2.45) is 0 Å². The maximum atomic E-state index is 6.78. The zero-order valence-electron chi connectivity index (χ0n) is 31.1. The first-order valence-electron chi connectivity index (χ1n) is 18.9. The predicted octanol–water partition coefficient (Wildman–Crippen LogP) is 13.7. The monoisotopic (exact) mass is 712 g/mol. The molecule has 3 heterocycles. The van der Waals surface area contributed by atoms with Crippen molar-refractivity contribution < 1.29 is 4.74 Å². The Morgan fingerprint density at radius 3 is 1.84 bits per heavy atom. The molecule has 55 heavy (non-hydrogen) atoms. The summed E-state index contributed by atoms with van der Waals surface area (Å²) < 4.78 is 6.78. The molecular formula is C50H40N4O.